The highest BCUT2D eigenvalue weighted by atomic mass is 19.4. The van der Waals surface area contributed by atoms with Crippen LogP contribution < -0.4 is 4.74 Å². The van der Waals surface area contributed by atoms with Crippen LogP contribution in [0.1, 0.15) is 27.9 Å². The number of alkyl halides is 3. The van der Waals surface area contributed by atoms with Gasteiger partial charge in [0.15, 0.2) is 0 Å². The molecule has 1 heterocycles. The first-order valence-corrected chi connectivity index (χ1v) is 8.08. The van der Waals surface area contributed by atoms with Gasteiger partial charge in [-0.15, -0.1) is 0 Å². The number of carbonyl (C=O) groups is 1. The number of benzene rings is 2. The fourth-order valence-corrected chi connectivity index (χ4v) is 2.76. The third-order valence-electron chi connectivity index (χ3n) is 4.33. The van der Waals surface area contributed by atoms with Crippen molar-refractivity contribution in [1.82, 2.24) is 5.01 Å². The molecule has 0 unspecified atom stereocenters. The third-order valence-corrected chi connectivity index (χ3v) is 4.33. The fourth-order valence-electron chi connectivity index (χ4n) is 2.76. The summed E-state index contributed by atoms with van der Waals surface area (Å²) in [4.78, 5) is 12.7. The number of nitrogens with zero attached hydrogens (tertiary/aromatic N) is 2. The van der Waals surface area contributed by atoms with Gasteiger partial charge in [-0.2, -0.15) is 23.3 Å². The molecule has 1 aliphatic heterocycles. The molecule has 1 atom stereocenters. The van der Waals surface area contributed by atoms with Crippen LogP contribution in [0.4, 0.5) is 13.2 Å². The number of halogens is 3. The van der Waals surface area contributed by atoms with Crippen molar-refractivity contribution < 1.29 is 27.8 Å². The Kier molecular flexibility index (Phi) is 4.69. The maximum Gasteiger partial charge on any atom is 0.438 e. The van der Waals surface area contributed by atoms with Crippen LogP contribution in [-0.4, -0.2) is 40.7 Å². The van der Waals surface area contributed by atoms with Crippen molar-refractivity contribution >= 4 is 11.6 Å². The summed E-state index contributed by atoms with van der Waals surface area (Å²) in [7, 11) is 1.43. The number of methoxy groups -OCH3 is 1. The summed E-state index contributed by atoms with van der Waals surface area (Å²) >= 11 is 0. The molecule has 0 spiro atoms. The van der Waals surface area contributed by atoms with Gasteiger partial charge in [-0.05, 0) is 31.2 Å². The molecule has 1 aliphatic rings. The largest absolute Gasteiger partial charge is 0.497 e. The Balaban J connectivity index is 2.04. The van der Waals surface area contributed by atoms with Crippen molar-refractivity contribution in [3.8, 4) is 5.75 Å². The molecule has 8 heteroatoms. The molecular formula is C19H17F3N2O3. The van der Waals surface area contributed by atoms with E-state index in [1.165, 1.54) is 31.4 Å². The van der Waals surface area contributed by atoms with E-state index in [0.29, 0.717) is 11.3 Å². The molecule has 1 amide bonds. The number of ether oxygens (including phenoxy) is 1. The van der Waals surface area contributed by atoms with Gasteiger partial charge in [0.25, 0.3) is 11.6 Å². The highest BCUT2D eigenvalue weighted by Crippen LogP contribution is 2.42. The minimum absolute atomic E-state index is 0.00100. The Labute approximate surface area is 153 Å². The number of hydrogen-bond donors (Lipinski definition) is 1. The second-order valence-electron chi connectivity index (χ2n) is 6.25. The Bertz CT molecular complexity index is 894. The van der Waals surface area contributed by atoms with Crippen LogP contribution in [0.25, 0.3) is 0 Å². The molecule has 0 aromatic heterocycles. The van der Waals surface area contributed by atoms with E-state index in [9.17, 15) is 23.1 Å². The number of aryl methyl sites for hydroxylation is 1. The van der Waals surface area contributed by atoms with E-state index in [1.54, 1.807) is 31.2 Å². The van der Waals surface area contributed by atoms with E-state index in [-0.39, 0.29) is 16.3 Å². The first kappa shape index (κ1) is 18.9. The van der Waals surface area contributed by atoms with Gasteiger partial charge in [-0.25, -0.2) is 0 Å². The van der Waals surface area contributed by atoms with Crippen molar-refractivity contribution in [2.45, 2.75) is 25.2 Å². The molecular weight excluding hydrogens is 361 g/mol. The summed E-state index contributed by atoms with van der Waals surface area (Å²) in [6.07, 6.45) is -5.96. The predicted molar refractivity (Wildman–Crippen MR) is 92.5 cm³/mol. The summed E-state index contributed by atoms with van der Waals surface area (Å²) < 4.78 is 46.0. The molecule has 2 aromatic rings. The third kappa shape index (κ3) is 3.40. The minimum atomic E-state index is -5.09. The number of aliphatic hydroxyl groups is 1. The summed E-state index contributed by atoms with van der Waals surface area (Å²) in [6.45, 7) is 1.79. The highest BCUT2D eigenvalue weighted by molar-refractivity contribution is 6.05. The quantitative estimate of drug-likeness (QED) is 0.889. The number of hydrazone groups is 1. The Morgan fingerprint density at radius 2 is 1.89 bits per heavy atom. The minimum Gasteiger partial charge on any atom is -0.497 e. The molecule has 1 N–H and O–H groups in total. The average molecular weight is 378 g/mol. The van der Waals surface area contributed by atoms with E-state index >= 15 is 0 Å². The molecule has 0 bridgehead atoms. The van der Waals surface area contributed by atoms with Gasteiger partial charge in [-0.3, -0.25) is 4.79 Å². The van der Waals surface area contributed by atoms with Gasteiger partial charge >= 0.3 is 6.18 Å². The second kappa shape index (κ2) is 6.70. The molecule has 0 radical (unpaired) electrons. The van der Waals surface area contributed by atoms with Crippen LogP contribution in [0.3, 0.4) is 0 Å². The maximum absolute atomic E-state index is 13.6. The van der Waals surface area contributed by atoms with E-state index in [0.717, 1.165) is 5.56 Å². The first-order valence-electron chi connectivity index (χ1n) is 8.08. The molecule has 5 nitrogen and oxygen atoms in total. The zero-order chi connectivity index (χ0) is 19.8. The lowest BCUT2D eigenvalue weighted by molar-refractivity contribution is -0.297. The Morgan fingerprint density at radius 3 is 2.48 bits per heavy atom. The van der Waals surface area contributed by atoms with E-state index in [1.807, 2.05) is 0 Å². The first-order chi connectivity index (χ1) is 12.7. The van der Waals surface area contributed by atoms with Gasteiger partial charge in [0.1, 0.15) is 5.75 Å². The zero-order valence-electron chi connectivity index (χ0n) is 14.6. The lowest BCUT2D eigenvalue weighted by Gasteiger charge is -2.32. The van der Waals surface area contributed by atoms with Gasteiger partial charge in [-0.1, -0.05) is 29.8 Å². The number of rotatable bonds is 3. The van der Waals surface area contributed by atoms with E-state index < -0.39 is 24.2 Å². The smallest absolute Gasteiger partial charge is 0.438 e. The highest BCUT2D eigenvalue weighted by Gasteiger charge is 2.63. The summed E-state index contributed by atoms with van der Waals surface area (Å²) in [5, 5.41) is 14.3. The average Bonchev–Trinajstić information content (AvgIpc) is 3.01. The molecule has 0 aliphatic carbocycles. The number of carbonyl (C=O) groups excluding carboxylic acids is 1. The monoisotopic (exact) mass is 378 g/mol. The standard InChI is InChI=1S/C19H17F3N2O3/c1-12-6-8-13(9-7-12)17(25)24-18(26,19(20,21)22)11-16(23-24)14-4-3-5-15(10-14)27-2/h3-10,26H,11H2,1-2H3/t18-/m0/s1. The molecule has 0 saturated heterocycles. The van der Waals surface area contributed by atoms with Gasteiger partial charge in [0, 0.05) is 11.1 Å². The lowest BCUT2D eigenvalue weighted by atomic mass is 10.00. The molecule has 142 valence electrons. The van der Waals surface area contributed by atoms with Crippen molar-refractivity contribution in [2.24, 2.45) is 5.10 Å². The fraction of sp³-hybridized carbons (Fsp3) is 0.263. The summed E-state index contributed by atoms with van der Waals surface area (Å²) in [5.74, 6) is -0.609. The van der Waals surface area contributed by atoms with Crippen molar-refractivity contribution in [2.75, 3.05) is 7.11 Å². The maximum atomic E-state index is 13.6. The van der Waals surface area contributed by atoms with Gasteiger partial charge in [0.05, 0.1) is 19.2 Å². The van der Waals surface area contributed by atoms with Crippen LogP contribution in [0.15, 0.2) is 53.6 Å². The zero-order valence-corrected chi connectivity index (χ0v) is 14.6. The van der Waals surface area contributed by atoms with Crippen molar-refractivity contribution in [3.05, 3.63) is 65.2 Å². The topological polar surface area (TPSA) is 62.1 Å². The SMILES string of the molecule is COc1cccc(C2=NN(C(=O)c3ccc(C)cc3)[C@@](O)(C(F)(F)F)C2)c1. The number of hydrogen-bond acceptors (Lipinski definition) is 4. The van der Waals surface area contributed by atoms with Crippen LogP contribution in [0, 0.1) is 6.92 Å². The Hall–Kier alpha value is -2.87. The second-order valence-corrected chi connectivity index (χ2v) is 6.25. The molecule has 3 rings (SSSR count). The van der Waals surface area contributed by atoms with E-state index in [4.69, 9.17) is 4.74 Å². The number of amides is 1. The van der Waals surface area contributed by atoms with E-state index in [2.05, 4.69) is 5.10 Å². The molecule has 27 heavy (non-hydrogen) atoms. The van der Waals surface area contributed by atoms with Gasteiger partial charge in [0.2, 0.25) is 0 Å². The lowest BCUT2D eigenvalue weighted by Crippen LogP contribution is -2.56. The predicted octanol–water partition coefficient (Wildman–Crippen LogP) is 3.50. The van der Waals surface area contributed by atoms with Crippen molar-refractivity contribution in [1.29, 1.82) is 0 Å². The normalized spacial score (nSPS) is 19.8. The summed E-state index contributed by atoms with van der Waals surface area (Å²) in [6, 6.07) is 12.2. The van der Waals surface area contributed by atoms with Crippen LogP contribution >= 0.6 is 0 Å². The van der Waals surface area contributed by atoms with Crippen LogP contribution in [-0.2, 0) is 0 Å². The molecule has 0 saturated carbocycles. The molecule has 0 fully saturated rings. The molecule has 2 aromatic carbocycles. The Morgan fingerprint density at radius 1 is 1.22 bits per heavy atom. The van der Waals surface area contributed by atoms with Crippen LogP contribution in [0.2, 0.25) is 0 Å². The van der Waals surface area contributed by atoms with Crippen molar-refractivity contribution in [3.63, 3.8) is 0 Å². The van der Waals surface area contributed by atoms with Crippen LogP contribution in [0.5, 0.6) is 5.75 Å². The van der Waals surface area contributed by atoms with Gasteiger partial charge < -0.3 is 9.84 Å². The summed E-state index contributed by atoms with van der Waals surface area (Å²) in [5.41, 5.74) is -2.31.